The Balaban J connectivity index is 1.55. The predicted octanol–water partition coefficient (Wildman–Crippen LogP) is 0.680. The van der Waals surface area contributed by atoms with E-state index < -0.39 is 12.0 Å². The zero-order valence-corrected chi connectivity index (χ0v) is 14.4. The summed E-state index contributed by atoms with van der Waals surface area (Å²) in [5.74, 6) is -0.238. The number of benzene rings is 1. The number of carbonyl (C=O) groups is 2. The van der Waals surface area contributed by atoms with Gasteiger partial charge in [0.15, 0.2) is 11.5 Å². The second-order valence-electron chi connectivity index (χ2n) is 6.18. The Morgan fingerprint density at radius 3 is 2.81 bits per heavy atom. The molecule has 2 amide bonds. The average molecular weight is 359 g/mol. The van der Waals surface area contributed by atoms with Gasteiger partial charge in [0.2, 0.25) is 5.91 Å². The summed E-state index contributed by atoms with van der Waals surface area (Å²) in [6.45, 7) is 2.26. The van der Waals surface area contributed by atoms with Gasteiger partial charge in [-0.3, -0.25) is 9.59 Å². The molecule has 1 fully saturated rings. The maximum absolute atomic E-state index is 12.3. The van der Waals surface area contributed by atoms with Gasteiger partial charge in [0.05, 0.1) is 25.4 Å². The van der Waals surface area contributed by atoms with Gasteiger partial charge < -0.3 is 24.6 Å². The molecular weight excluding hydrogens is 338 g/mol. The van der Waals surface area contributed by atoms with Crippen LogP contribution in [0.5, 0.6) is 0 Å². The highest BCUT2D eigenvalue weighted by Crippen LogP contribution is 2.19. The lowest BCUT2D eigenvalue weighted by molar-refractivity contribution is -0.146. The van der Waals surface area contributed by atoms with Crippen molar-refractivity contribution >= 4 is 11.8 Å². The molecule has 26 heavy (non-hydrogen) atoms. The fraction of sp³-hybridized carbons (Fsp3) is 0.389. The topological polar surface area (TPSA) is 105 Å². The Morgan fingerprint density at radius 2 is 2.08 bits per heavy atom. The Morgan fingerprint density at radius 1 is 1.31 bits per heavy atom. The summed E-state index contributed by atoms with van der Waals surface area (Å²) < 4.78 is 10.7. The van der Waals surface area contributed by atoms with Crippen LogP contribution in [0.1, 0.15) is 17.4 Å². The summed E-state index contributed by atoms with van der Waals surface area (Å²) in [6, 6.07) is 10.8. The Hall–Kier alpha value is -2.71. The summed E-state index contributed by atoms with van der Waals surface area (Å²) in [5.41, 5.74) is 0.924. The fourth-order valence-corrected chi connectivity index (χ4v) is 2.83. The molecule has 1 saturated heterocycles. The lowest BCUT2D eigenvalue weighted by Gasteiger charge is -2.36. The maximum atomic E-state index is 12.3. The second-order valence-corrected chi connectivity index (χ2v) is 6.18. The van der Waals surface area contributed by atoms with Gasteiger partial charge in [-0.2, -0.15) is 0 Å². The van der Waals surface area contributed by atoms with Crippen molar-refractivity contribution in [2.75, 3.05) is 26.2 Å². The average Bonchev–Trinajstić information content (AvgIpc) is 3.16. The summed E-state index contributed by atoms with van der Waals surface area (Å²) in [6.07, 6.45) is -0.563. The number of aliphatic hydroxyl groups excluding tert-OH is 1. The van der Waals surface area contributed by atoms with E-state index in [0.717, 1.165) is 5.56 Å². The number of nitrogens with one attached hydrogen (secondary N) is 1. The summed E-state index contributed by atoms with van der Waals surface area (Å²) in [7, 11) is 0. The van der Waals surface area contributed by atoms with E-state index in [4.69, 9.17) is 9.26 Å². The van der Waals surface area contributed by atoms with E-state index in [9.17, 15) is 14.7 Å². The molecule has 0 radical (unpaired) electrons. The molecular formula is C18H21N3O5. The van der Waals surface area contributed by atoms with Gasteiger partial charge in [0.1, 0.15) is 0 Å². The smallest absolute Gasteiger partial charge is 0.273 e. The van der Waals surface area contributed by atoms with Crippen molar-refractivity contribution in [3.05, 3.63) is 42.1 Å². The number of hydrogen-bond acceptors (Lipinski definition) is 6. The van der Waals surface area contributed by atoms with E-state index in [1.165, 1.54) is 6.07 Å². The molecule has 1 aromatic heterocycles. The third-order valence-electron chi connectivity index (χ3n) is 4.08. The van der Waals surface area contributed by atoms with Gasteiger partial charge in [-0.1, -0.05) is 35.5 Å². The highest BCUT2D eigenvalue weighted by molar-refractivity contribution is 5.95. The van der Waals surface area contributed by atoms with Gasteiger partial charge in [0, 0.05) is 24.7 Å². The van der Waals surface area contributed by atoms with Crippen molar-refractivity contribution in [1.29, 1.82) is 0 Å². The number of nitrogens with zero attached hydrogens (tertiary/aromatic N) is 2. The fourth-order valence-electron chi connectivity index (χ4n) is 2.83. The van der Waals surface area contributed by atoms with Crippen molar-refractivity contribution in [2.45, 2.75) is 19.1 Å². The third kappa shape index (κ3) is 4.27. The number of ether oxygens (including phenoxy) is 1. The van der Waals surface area contributed by atoms with Gasteiger partial charge in [-0.05, 0) is 6.92 Å². The molecule has 138 valence electrons. The van der Waals surface area contributed by atoms with E-state index in [0.29, 0.717) is 18.8 Å². The molecule has 2 unspecified atom stereocenters. The van der Waals surface area contributed by atoms with Crippen molar-refractivity contribution in [1.82, 2.24) is 15.4 Å². The molecule has 8 nitrogen and oxygen atoms in total. The van der Waals surface area contributed by atoms with Crippen LogP contribution in [0, 0.1) is 0 Å². The standard InChI is InChI=1S/C18H21N3O5/c1-12-9-21(10-14(11-22)25-12)17(23)8-19-18(24)15-7-16(26-20-15)13-5-3-2-4-6-13/h2-7,12,14,22H,8-11H2,1H3,(H,19,24). The van der Waals surface area contributed by atoms with E-state index >= 15 is 0 Å². The van der Waals surface area contributed by atoms with Gasteiger partial charge >= 0.3 is 0 Å². The quantitative estimate of drug-likeness (QED) is 0.813. The molecule has 1 aliphatic heterocycles. The summed E-state index contributed by atoms with van der Waals surface area (Å²) in [4.78, 5) is 26.1. The molecule has 2 atom stereocenters. The van der Waals surface area contributed by atoms with Crippen molar-refractivity contribution in [3.8, 4) is 11.3 Å². The summed E-state index contributed by atoms with van der Waals surface area (Å²) in [5, 5.41) is 15.5. The van der Waals surface area contributed by atoms with E-state index in [1.807, 2.05) is 37.3 Å². The minimum absolute atomic E-state index is 0.111. The third-order valence-corrected chi connectivity index (χ3v) is 4.08. The lowest BCUT2D eigenvalue weighted by atomic mass is 10.1. The highest BCUT2D eigenvalue weighted by atomic mass is 16.5. The number of rotatable bonds is 5. The largest absolute Gasteiger partial charge is 0.394 e. The van der Waals surface area contributed by atoms with E-state index in [2.05, 4.69) is 10.5 Å². The Bertz CT molecular complexity index is 761. The first-order chi connectivity index (χ1) is 12.6. The van der Waals surface area contributed by atoms with Crippen molar-refractivity contribution in [3.63, 3.8) is 0 Å². The second kappa shape index (κ2) is 8.11. The van der Waals surface area contributed by atoms with Crippen LogP contribution in [0.3, 0.4) is 0 Å². The minimum atomic E-state index is -0.482. The van der Waals surface area contributed by atoms with Crippen LogP contribution in [-0.2, 0) is 9.53 Å². The first-order valence-corrected chi connectivity index (χ1v) is 8.41. The Labute approximate surface area is 150 Å². The molecule has 1 aliphatic rings. The predicted molar refractivity (Wildman–Crippen MR) is 92.3 cm³/mol. The van der Waals surface area contributed by atoms with Gasteiger partial charge in [-0.15, -0.1) is 0 Å². The maximum Gasteiger partial charge on any atom is 0.273 e. The molecule has 0 bridgehead atoms. The molecule has 2 aromatic rings. The van der Waals surface area contributed by atoms with Crippen LogP contribution in [0.4, 0.5) is 0 Å². The zero-order valence-electron chi connectivity index (χ0n) is 14.4. The highest BCUT2D eigenvalue weighted by Gasteiger charge is 2.28. The number of hydrogen-bond donors (Lipinski definition) is 2. The first-order valence-electron chi connectivity index (χ1n) is 8.41. The van der Waals surface area contributed by atoms with Crippen molar-refractivity contribution < 1.29 is 24.0 Å². The summed E-state index contributed by atoms with van der Waals surface area (Å²) >= 11 is 0. The SMILES string of the molecule is CC1CN(C(=O)CNC(=O)c2cc(-c3ccccc3)on2)CC(CO)O1. The number of morpholine rings is 1. The molecule has 2 heterocycles. The van der Waals surface area contributed by atoms with Gasteiger partial charge in [-0.25, -0.2) is 0 Å². The number of aromatic nitrogens is 1. The molecule has 1 aromatic carbocycles. The minimum Gasteiger partial charge on any atom is -0.394 e. The van der Waals surface area contributed by atoms with Crippen LogP contribution in [0.2, 0.25) is 0 Å². The molecule has 0 aliphatic carbocycles. The molecule has 2 N–H and O–H groups in total. The monoisotopic (exact) mass is 359 g/mol. The van der Waals surface area contributed by atoms with Crippen molar-refractivity contribution in [2.24, 2.45) is 0 Å². The van der Waals surface area contributed by atoms with Crippen LogP contribution < -0.4 is 5.32 Å². The normalized spacial score (nSPS) is 20.0. The number of aliphatic hydroxyl groups is 1. The van der Waals surface area contributed by atoms with Gasteiger partial charge in [0.25, 0.3) is 5.91 Å². The van der Waals surface area contributed by atoms with Crippen LogP contribution in [0.25, 0.3) is 11.3 Å². The molecule has 0 spiro atoms. The number of carbonyl (C=O) groups excluding carboxylic acids is 2. The molecule has 0 saturated carbocycles. The van der Waals surface area contributed by atoms with Crippen LogP contribution >= 0.6 is 0 Å². The van der Waals surface area contributed by atoms with E-state index in [-0.39, 0.29) is 30.9 Å². The first kappa shape index (κ1) is 18.1. The van der Waals surface area contributed by atoms with Crippen LogP contribution in [-0.4, -0.2) is 65.4 Å². The molecule has 3 rings (SSSR count). The lowest BCUT2D eigenvalue weighted by Crippen LogP contribution is -2.52. The molecule has 8 heteroatoms. The van der Waals surface area contributed by atoms with E-state index in [1.54, 1.807) is 4.90 Å². The van der Waals surface area contributed by atoms with Crippen LogP contribution in [0.15, 0.2) is 40.9 Å². The Kier molecular flexibility index (Phi) is 5.65. The zero-order chi connectivity index (χ0) is 18.5. The number of amides is 2.